The molecule has 1 aromatic heterocycles. The molecule has 0 atom stereocenters. The maximum atomic E-state index is 11.9. The third-order valence-corrected chi connectivity index (χ3v) is 2.99. The summed E-state index contributed by atoms with van der Waals surface area (Å²) < 4.78 is 0. The molecule has 0 aliphatic heterocycles. The third kappa shape index (κ3) is 4.15. The standard InChI is InChI=1S/C13H21N3O/c1-3-10(4-2)9-16-13(17)11-5-6-15-12(7-11)8-14/h5-7,10H,3-4,8-9,14H2,1-2H3,(H,16,17). The van der Waals surface area contributed by atoms with Gasteiger partial charge in [-0.3, -0.25) is 9.78 Å². The second-order valence-corrected chi connectivity index (χ2v) is 4.13. The first-order chi connectivity index (χ1) is 8.21. The smallest absolute Gasteiger partial charge is 0.251 e. The Morgan fingerprint density at radius 3 is 2.76 bits per heavy atom. The number of nitrogens with zero attached hydrogens (tertiary/aromatic N) is 1. The molecule has 4 heteroatoms. The lowest BCUT2D eigenvalue weighted by molar-refractivity contribution is 0.0946. The lowest BCUT2D eigenvalue weighted by Gasteiger charge is -2.13. The molecule has 0 radical (unpaired) electrons. The average Bonchev–Trinajstić information content (AvgIpc) is 2.39. The number of hydrogen-bond donors (Lipinski definition) is 2. The van der Waals surface area contributed by atoms with Crippen LogP contribution in [-0.4, -0.2) is 17.4 Å². The first kappa shape index (κ1) is 13.6. The Labute approximate surface area is 103 Å². The number of hydrogen-bond acceptors (Lipinski definition) is 3. The van der Waals surface area contributed by atoms with Gasteiger partial charge in [0.2, 0.25) is 0 Å². The highest BCUT2D eigenvalue weighted by atomic mass is 16.1. The molecule has 3 N–H and O–H groups in total. The van der Waals surface area contributed by atoms with Gasteiger partial charge in [0.1, 0.15) is 0 Å². The zero-order valence-corrected chi connectivity index (χ0v) is 10.6. The van der Waals surface area contributed by atoms with E-state index in [4.69, 9.17) is 5.73 Å². The summed E-state index contributed by atoms with van der Waals surface area (Å²) in [5.74, 6) is 0.503. The largest absolute Gasteiger partial charge is 0.352 e. The van der Waals surface area contributed by atoms with Crippen molar-refractivity contribution < 1.29 is 4.79 Å². The van der Waals surface area contributed by atoms with E-state index in [1.807, 2.05) is 0 Å². The van der Waals surface area contributed by atoms with E-state index in [1.165, 1.54) is 0 Å². The molecule has 1 heterocycles. The summed E-state index contributed by atoms with van der Waals surface area (Å²) >= 11 is 0. The molecule has 1 amide bonds. The maximum Gasteiger partial charge on any atom is 0.251 e. The van der Waals surface area contributed by atoms with Crippen molar-refractivity contribution in [3.8, 4) is 0 Å². The Morgan fingerprint density at radius 2 is 2.18 bits per heavy atom. The molecule has 1 aromatic rings. The Balaban J connectivity index is 2.57. The molecule has 0 aromatic carbocycles. The van der Waals surface area contributed by atoms with E-state index in [9.17, 15) is 4.79 Å². The highest BCUT2D eigenvalue weighted by Crippen LogP contribution is 2.06. The van der Waals surface area contributed by atoms with Crippen LogP contribution in [0.25, 0.3) is 0 Å². The predicted molar refractivity (Wildman–Crippen MR) is 68.5 cm³/mol. The number of rotatable bonds is 6. The Morgan fingerprint density at radius 1 is 1.47 bits per heavy atom. The van der Waals surface area contributed by atoms with Crippen LogP contribution in [0.15, 0.2) is 18.3 Å². The molecule has 1 rings (SSSR count). The molecule has 0 saturated carbocycles. The van der Waals surface area contributed by atoms with Crippen LogP contribution in [0.3, 0.4) is 0 Å². The molecule has 0 aliphatic rings. The van der Waals surface area contributed by atoms with Gasteiger partial charge in [-0.2, -0.15) is 0 Å². The molecule has 0 unspecified atom stereocenters. The van der Waals surface area contributed by atoms with E-state index in [0.29, 0.717) is 18.0 Å². The number of carbonyl (C=O) groups is 1. The zero-order chi connectivity index (χ0) is 12.7. The minimum absolute atomic E-state index is 0.0472. The van der Waals surface area contributed by atoms with Gasteiger partial charge in [-0.15, -0.1) is 0 Å². The van der Waals surface area contributed by atoms with Gasteiger partial charge in [0.15, 0.2) is 0 Å². The van der Waals surface area contributed by atoms with Gasteiger partial charge in [0.25, 0.3) is 5.91 Å². The van der Waals surface area contributed by atoms with Crippen molar-refractivity contribution >= 4 is 5.91 Å². The Hall–Kier alpha value is -1.42. The molecule has 0 fully saturated rings. The van der Waals surface area contributed by atoms with Crippen molar-refractivity contribution in [1.29, 1.82) is 0 Å². The number of carbonyl (C=O) groups excluding carboxylic acids is 1. The second kappa shape index (κ2) is 7.01. The minimum atomic E-state index is -0.0472. The normalized spacial score (nSPS) is 10.6. The fourth-order valence-corrected chi connectivity index (χ4v) is 1.65. The van der Waals surface area contributed by atoms with Crippen LogP contribution in [0.4, 0.5) is 0 Å². The molecular weight excluding hydrogens is 214 g/mol. The summed E-state index contributed by atoms with van der Waals surface area (Å²) in [5, 5.41) is 2.94. The Kier molecular flexibility index (Phi) is 5.63. The fourth-order valence-electron chi connectivity index (χ4n) is 1.65. The van der Waals surface area contributed by atoms with Crippen LogP contribution in [0.1, 0.15) is 42.7 Å². The summed E-state index contributed by atoms with van der Waals surface area (Å²) in [6, 6.07) is 3.45. The fraction of sp³-hybridized carbons (Fsp3) is 0.538. The van der Waals surface area contributed by atoms with Gasteiger partial charge in [-0.25, -0.2) is 0 Å². The van der Waals surface area contributed by atoms with Crippen molar-refractivity contribution in [2.75, 3.05) is 6.54 Å². The molecule has 17 heavy (non-hydrogen) atoms. The summed E-state index contributed by atoms with van der Waals surface area (Å²) in [6.07, 6.45) is 3.79. The quantitative estimate of drug-likeness (QED) is 0.788. The summed E-state index contributed by atoms with van der Waals surface area (Å²) in [5.41, 5.74) is 6.86. The van der Waals surface area contributed by atoms with Crippen molar-refractivity contribution in [3.05, 3.63) is 29.6 Å². The lowest BCUT2D eigenvalue weighted by atomic mass is 10.0. The molecule has 4 nitrogen and oxygen atoms in total. The van der Waals surface area contributed by atoms with Crippen LogP contribution in [0, 0.1) is 5.92 Å². The molecular formula is C13H21N3O. The summed E-state index contributed by atoms with van der Waals surface area (Å²) in [7, 11) is 0. The number of pyridine rings is 1. The average molecular weight is 235 g/mol. The van der Waals surface area contributed by atoms with E-state index in [2.05, 4.69) is 24.1 Å². The van der Waals surface area contributed by atoms with Gasteiger partial charge in [-0.1, -0.05) is 26.7 Å². The van der Waals surface area contributed by atoms with Crippen LogP contribution >= 0.6 is 0 Å². The highest BCUT2D eigenvalue weighted by Gasteiger charge is 2.09. The lowest BCUT2D eigenvalue weighted by Crippen LogP contribution is -2.29. The van der Waals surface area contributed by atoms with Crippen molar-refractivity contribution in [1.82, 2.24) is 10.3 Å². The molecule has 0 bridgehead atoms. The highest BCUT2D eigenvalue weighted by molar-refractivity contribution is 5.94. The van der Waals surface area contributed by atoms with Crippen molar-refractivity contribution in [2.45, 2.75) is 33.2 Å². The van der Waals surface area contributed by atoms with Gasteiger partial charge in [0.05, 0.1) is 5.69 Å². The molecule has 94 valence electrons. The summed E-state index contributed by atoms with van der Waals surface area (Å²) in [6.45, 7) is 5.36. The van der Waals surface area contributed by atoms with Crippen LogP contribution < -0.4 is 11.1 Å². The van der Waals surface area contributed by atoms with Crippen molar-refractivity contribution in [3.63, 3.8) is 0 Å². The molecule has 0 spiro atoms. The van der Waals surface area contributed by atoms with E-state index in [-0.39, 0.29) is 5.91 Å². The van der Waals surface area contributed by atoms with E-state index >= 15 is 0 Å². The van der Waals surface area contributed by atoms with Gasteiger partial charge in [0, 0.05) is 24.8 Å². The summed E-state index contributed by atoms with van der Waals surface area (Å²) in [4.78, 5) is 15.9. The SMILES string of the molecule is CCC(CC)CNC(=O)c1ccnc(CN)c1. The monoisotopic (exact) mass is 235 g/mol. The number of nitrogens with two attached hydrogens (primary N) is 1. The Bertz CT molecular complexity index is 361. The van der Waals surface area contributed by atoms with Crippen LogP contribution in [0.5, 0.6) is 0 Å². The molecule has 0 saturated heterocycles. The topological polar surface area (TPSA) is 68.0 Å². The second-order valence-electron chi connectivity index (χ2n) is 4.13. The zero-order valence-electron chi connectivity index (χ0n) is 10.6. The predicted octanol–water partition coefficient (Wildman–Crippen LogP) is 1.71. The number of amides is 1. The van der Waals surface area contributed by atoms with Crippen LogP contribution in [-0.2, 0) is 6.54 Å². The van der Waals surface area contributed by atoms with Gasteiger partial charge >= 0.3 is 0 Å². The number of aromatic nitrogens is 1. The third-order valence-electron chi connectivity index (χ3n) is 2.99. The van der Waals surface area contributed by atoms with E-state index < -0.39 is 0 Å². The van der Waals surface area contributed by atoms with Gasteiger partial charge < -0.3 is 11.1 Å². The molecule has 0 aliphatic carbocycles. The van der Waals surface area contributed by atoms with Crippen molar-refractivity contribution in [2.24, 2.45) is 11.7 Å². The maximum absolute atomic E-state index is 11.9. The number of nitrogens with one attached hydrogen (secondary N) is 1. The van der Waals surface area contributed by atoms with E-state index in [1.54, 1.807) is 18.3 Å². The van der Waals surface area contributed by atoms with Crippen LogP contribution in [0.2, 0.25) is 0 Å². The first-order valence-electron chi connectivity index (χ1n) is 6.14. The van der Waals surface area contributed by atoms with Gasteiger partial charge in [-0.05, 0) is 18.1 Å². The van der Waals surface area contributed by atoms with E-state index in [0.717, 1.165) is 25.1 Å². The first-order valence-corrected chi connectivity index (χ1v) is 6.14. The minimum Gasteiger partial charge on any atom is -0.352 e.